The summed E-state index contributed by atoms with van der Waals surface area (Å²) in [5.41, 5.74) is 11.2. The Morgan fingerprint density at radius 3 is 2.48 bits per heavy atom. The quantitative estimate of drug-likeness (QED) is 0.913. The van der Waals surface area contributed by atoms with Crippen LogP contribution in [0.3, 0.4) is 0 Å². The Kier molecular flexibility index (Phi) is 4.86. The zero-order valence-corrected chi connectivity index (χ0v) is 13.1. The molecular weight excluding hydrogens is 262 g/mol. The molecule has 2 rings (SSSR count). The summed E-state index contributed by atoms with van der Waals surface area (Å²) in [7, 11) is 3.28. The molecule has 112 valence electrons. The largest absolute Gasteiger partial charge is 0.493 e. The van der Waals surface area contributed by atoms with Gasteiger partial charge in [0.25, 0.3) is 0 Å². The van der Waals surface area contributed by atoms with Gasteiger partial charge in [0.2, 0.25) is 0 Å². The Hall–Kier alpha value is -2.00. The first-order valence-electron chi connectivity index (χ1n) is 7.09. The van der Waals surface area contributed by atoms with Crippen LogP contribution in [0.25, 0.3) is 0 Å². The van der Waals surface area contributed by atoms with Crippen molar-refractivity contribution in [1.82, 2.24) is 0 Å². The average molecular weight is 285 g/mol. The van der Waals surface area contributed by atoms with Crippen LogP contribution in [0.4, 0.5) is 0 Å². The summed E-state index contributed by atoms with van der Waals surface area (Å²) in [6, 6.07) is 12.2. The van der Waals surface area contributed by atoms with Crippen LogP contribution in [0, 0.1) is 13.8 Å². The predicted molar refractivity (Wildman–Crippen MR) is 86.1 cm³/mol. The van der Waals surface area contributed by atoms with Gasteiger partial charge in [-0.15, -0.1) is 0 Å². The highest BCUT2D eigenvalue weighted by molar-refractivity contribution is 5.48. The molecule has 0 aliphatic rings. The number of benzene rings is 2. The maximum Gasteiger partial charge on any atom is 0.165 e. The predicted octanol–water partition coefficient (Wildman–Crippen LogP) is 3.56. The third-order valence-corrected chi connectivity index (χ3v) is 3.78. The zero-order valence-electron chi connectivity index (χ0n) is 13.1. The molecule has 0 saturated carbocycles. The number of hydrogen-bond donors (Lipinski definition) is 1. The van der Waals surface area contributed by atoms with Gasteiger partial charge in [-0.1, -0.05) is 35.9 Å². The number of hydrogen-bond acceptors (Lipinski definition) is 3. The van der Waals surface area contributed by atoms with E-state index in [-0.39, 0.29) is 6.04 Å². The second-order valence-electron chi connectivity index (χ2n) is 5.32. The number of ether oxygens (including phenoxy) is 2. The molecule has 2 aromatic carbocycles. The van der Waals surface area contributed by atoms with Crippen LogP contribution < -0.4 is 15.2 Å². The summed E-state index contributed by atoms with van der Waals surface area (Å²) < 4.78 is 10.8. The number of nitrogens with two attached hydrogens (primary N) is 1. The van der Waals surface area contributed by atoms with Crippen LogP contribution in [0.15, 0.2) is 36.4 Å². The van der Waals surface area contributed by atoms with Gasteiger partial charge in [-0.25, -0.2) is 0 Å². The first-order valence-corrected chi connectivity index (χ1v) is 7.09. The maximum atomic E-state index is 6.41. The molecule has 0 aliphatic carbocycles. The fraction of sp³-hybridized carbons (Fsp3) is 0.333. The normalized spacial score (nSPS) is 12.0. The highest BCUT2D eigenvalue weighted by Gasteiger charge is 2.17. The average Bonchev–Trinajstić information content (AvgIpc) is 2.49. The topological polar surface area (TPSA) is 44.5 Å². The summed E-state index contributed by atoms with van der Waals surface area (Å²) in [4.78, 5) is 0. The van der Waals surface area contributed by atoms with E-state index in [9.17, 15) is 0 Å². The van der Waals surface area contributed by atoms with E-state index in [0.29, 0.717) is 5.75 Å². The third-order valence-electron chi connectivity index (χ3n) is 3.78. The first kappa shape index (κ1) is 15.4. The zero-order chi connectivity index (χ0) is 15.4. The molecule has 0 aliphatic heterocycles. The van der Waals surface area contributed by atoms with E-state index in [1.165, 1.54) is 16.7 Å². The van der Waals surface area contributed by atoms with E-state index < -0.39 is 0 Å². The van der Waals surface area contributed by atoms with Gasteiger partial charge in [-0.3, -0.25) is 0 Å². The number of methoxy groups -OCH3 is 2. The van der Waals surface area contributed by atoms with Crippen molar-refractivity contribution in [3.05, 3.63) is 58.7 Å². The molecule has 0 aromatic heterocycles. The number of para-hydroxylation sites is 1. The molecule has 1 atom stereocenters. The van der Waals surface area contributed by atoms with Gasteiger partial charge in [-0.05, 0) is 37.5 Å². The van der Waals surface area contributed by atoms with E-state index in [0.717, 1.165) is 17.7 Å². The Balaban J connectivity index is 2.32. The fourth-order valence-corrected chi connectivity index (χ4v) is 2.57. The van der Waals surface area contributed by atoms with Crippen molar-refractivity contribution in [2.24, 2.45) is 5.73 Å². The molecule has 2 N–H and O–H groups in total. The lowest BCUT2D eigenvalue weighted by Gasteiger charge is -2.19. The molecule has 3 nitrogen and oxygen atoms in total. The molecule has 0 fully saturated rings. The molecule has 0 spiro atoms. The molecule has 0 amide bonds. The van der Waals surface area contributed by atoms with Gasteiger partial charge in [0.1, 0.15) is 0 Å². The minimum atomic E-state index is -0.129. The van der Waals surface area contributed by atoms with Gasteiger partial charge >= 0.3 is 0 Å². The van der Waals surface area contributed by atoms with Crippen molar-refractivity contribution in [2.45, 2.75) is 26.3 Å². The second kappa shape index (κ2) is 6.64. The molecular formula is C18H23NO2. The SMILES string of the molecule is COc1cccc(C(N)Cc2cc(C)ccc2C)c1OC. The Bertz CT molecular complexity index is 623. The molecule has 0 heterocycles. The van der Waals surface area contributed by atoms with Gasteiger partial charge in [0.15, 0.2) is 11.5 Å². The smallest absolute Gasteiger partial charge is 0.165 e. The van der Waals surface area contributed by atoms with Crippen LogP contribution in [0.5, 0.6) is 11.5 Å². The van der Waals surface area contributed by atoms with E-state index in [1.54, 1.807) is 14.2 Å². The molecule has 21 heavy (non-hydrogen) atoms. The third kappa shape index (κ3) is 3.37. The lowest BCUT2D eigenvalue weighted by atomic mass is 9.95. The second-order valence-corrected chi connectivity index (χ2v) is 5.32. The maximum absolute atomic E-state index is 6.41. The summed E-state index contributed by atoms with van der Waals surface area (Å²) >= 11 is 0. The molecule has 1 unspecified atom stereocenters. The van der Waals surface area contributed by atoms with Crippen molar-refractivity contribution in [3.8, 4) is 11.5 Å². The summed E-state index contributed by atoms with van der Waals surface area (Å²) in [5, 5.41) is 0. The molecule has 0 bridgehead atoms. The van der Waals surface area contributed by atoms with Gasteiger partial charge < -0.3 is 15.2 Å². The molecule has 0 saturated heterocycles. The lowest BCUT2D eigenvalue weighted by Crippen LogP contribution is -2.15. The first-order chi connectivity index (χ1) is 10.1. The standard InChI is InChI=1S/C18H23NO2/c1-12-8-9-13(2)14(10-12)11-16(19)15-6-5-7-17(20-3)18(15)21-4/h5-10,16H,11,19H2,1-4H3. The van der Waals surface area contributed by atoms with Crippen molar-refractivity contribution in [1.29, 1.82) is 0 Å². The van der Waals surface area contributed by atoms with E-state index in [4.69, 9.17) is 15.2 Å². The number of rotatable bonds is 5. The van der Waals surface area contributed by atoms with E-state index >= 15 is 0 Å². The Morgan fingerprint density at radius 2 is 1.81 bits per heavy atom. The van der Waals surface area contributed by atoms with Crippen LogP contribution >= 0.6 is 0 Å². The minimum absolute atomic E-state index is 0.129. The minimum Gasteiger partial charge on any atom is -0.493 e. The summed E-state index contributed by atoms with van der Waals surface area (Å²) in [5.74, 6) is 1.43. The van der Waals surface area contributed by atoms with Crippen LogP contribution in [-0.2, 0) is 6.42 Å². The van der Waals surface area contributed by atoms with Gasteiger partial charge in [0.05, 0.1) is 14.2 Å². The van der Waals surface area contributed by atoms with Crippen molar-refractivity contribution >= 4 is 0 Å². The van der Waals surface area contributed by atoms with Crippen LogP contribution in [0.1, 0.15) is 28.3 Å². The fourth-order valence-electron chi connectivity index (χ4n) is 2.57. The van der Waals surface area contributed by atoms with Crippen LogP contribution in [0.2, 0.25) is 0 Å². The molecule has 2 aromatic rings. The summed E-state index contributed by atoms with van der Waals surface area (Å²) in [6.07, 6.45) is 0.775. The monoisotopic (exact) mass is 285 g/mol. The van der Waals surface area contributed by atoms with E-state index in [1.807, 2.05) is 18.2 Å². The highest BCUT2D eigenvalue weighted by Crippen LogP contribution is 2.35. The van der Waals surface area contributed by atoms with Crippen molar-refractivity contribution < 1.29 is 9.47 Å². The molecule has 0 radical (unpaired) electrons. The summed E-state index contributed by atoms with van der Waals surface area (Å²) in [6.45, 7) is 4.21. The van der Waals surface area contributed by atoms with E-state index in [2.05, 4.69) is 32.0 Å². The highest BCUT2D eigenvalue weighted by atomic mass is 16.5. The van der Waals surface area contributed by atoms with Gasteiger partial charge in [0, 0.05) is 11.6 Å². The molecule has 3 heteroatoms. The Morgan fingerprint density at radius 1 is 1.05 bits per heavy atom. The van der Waals surface area contributed by atoms with Crippen molar-refractivity contribution in [2.75, 3.05) is 14.2 Å². The number of aryl methyl sites for hydroxylation is 2. The van der Waals surface area contributed by atoms with Crippen LogP contribution in [-0.4, -0.2) is 14.2 Å². The Labute approximate surface area is 126 Å². The van der Waals surface area contributed by atoms with Gasteiger partial charge in [-0.2, -0.15) is 0 Å². The van der Waals surface area contributed by atoms with Crippen molar-refractivity contribution in [3.63, 3.8) is 0 Å². The lowest BCUT2D eigenvalue weighted by molar-refractivity contribution is 0.349.